The lowest BCUT2D eigenvalue weighted by Crippen LogP contribution is -2.54. The minimum Gasteiger partial charge on any atom is -0.480 e. The quantitative estimate of drug-likeness (QED) is 0.640. The Morgan fingerprint density at radius 3 is 2.52 bits per heavy atom. The molecule has 0 aliphatic heterocycles. The molecule has 1 unspecified atom stereocenters. The summed E-state index contributed by atoms with van der Waals surface area (Å²) < 4.78 is 0. The molecular formula is C13H13ClN2O5. The molecule has 0 heterocycles. The van der Waals surface area contributed by atoms with Gasteiger partial charge in [0.1, 0.15) is 10.6 Å². The fourth-order valence-electron chi connectivity index (χ4n) is 2.10. The van der Waals surface area contributed by atoms with Crippen molar-refractivity contribution in [3.63, 3.8) is 0 Å². The fourth-order valence-corrected chi connectivity index (χ4v) is 2.34. The van der Waals surface area contributed by atoms with Crippen LogP contribution in [-0.2, 0) is 4.79 Å². The van der Waals surface area contributed by atoms with E-state index in [0.29, 0.717) is 0 Å². The molecule has 2 N–H and O–H groups in total. The first-order valence-electron chi connectivity index (χ1n) is 6.25. The largest absolute Gasteiger partial charge is 0.480 e. The zero-order valence-electron chi connectivity index (χ0n) is 11.1. The van der Waals surface area contributed by atoms with Gasteiger partial charge in [0, 0.05) is 11.6 Å². The first kappa shape index (κ1) is 15.2. The molecule has 1 atom stereocenters. The first-order chi connectivity index (χ1) is 9.75. The molecule has 0 radical (unpaired) electrons. The molecule has 1 aliphatic rings. The number of nitrogens with one attached hydrogen (secondary N) is 1. The van der Waals surface area contributed by atoms with Crippen LogP contribution in [0.5, 0.6) is 0 Å². The molecule has 1 fully saturated rings. The van der Waals surface area contributed by atoms with Gasteiger partial charge in [-0.1, -0.05) is 11.6 Å². The summed E-state index contributed by atoms with van der Waals surface area (Å²) in [7, 11) is 0. The van der Waals surface area contributed by atoms with Gasteiger partial charge in [-0.05, 0) is 37.8 Å². The van der Waals surface area contributed by atoms with Crippen molar-refractivity contribution in [1.82, 2.24) is 5.32 Å². The zero-order chi connectivity index (χ0) is 15.8. The van der Waals surface area contributed by atoms with Crippen LogP contribution in [0.15, 0.2) is 18.2 Å². The number of carboxylic acid groups (broad SMARTS) is 1. The van der Waals surface area contributed by atoms with Crippen LogP contribution in [0.3, 0.4) is 0 Å². The summed E-state index contributed by atoms with van der Waals surface area (Å²) in [4.78, 5) is 33.5. The average Bonchev–Trinajstić information content (AvgIpc) is 3.22. The van der Waals surface area contributed by atoms with Gasteiger partial charge in [0.25, 0.3) is 11.6 Å². The summed E-state index contributed by atoms with van der Waals surface area (Å²) in [5.41, 5.74) is -1.57. The molecule has 1 amide bonds. The summed E-state index contributed by atoms with van der Waals surface area (Å²) in [6, 6.07) is 3.52. The number of carboxylic acids is 1. The van der Waals surface area contributed by atoms with Crippen LogP contribution < -0.4 is 5.32 Å². The molecule has 0 saturated heterocycles. The number of amides is 1. The number of hydrogen-bond donors (Lipinski definition) is 2. The number of halogens is 1. The van der Waals surface area contributed by atoms with Gasteiger partial charge in [-0.2, -0.15) is 0 Å². The smallest absolute Gasteiger partial charge is 0.329 e. The van der Waals surface area contributed by atoms with Crippen LogP contribution in [0.25, 0.3) is 0 Å². The number of carbonyl (C=O) groups is 2. The molecule has 1 aromatic rings. The second-order valence-electron chi connectivity index (χ2n) is 5.16. The van der Waals surface area contributed by atoms with Gasteiger partial charge >= 0.3 is 5.97 Å². The predicted octanol–water partition coefficient (Wildman–Crippen LogP) is 2.23. The molecule has 1 saturated carbocycles. The first-order valence-corrected chi connectivity index (χ1v) is 6.63. The van der Waals surface area contributed by atoms with Crippen LogP contribution in [0.1, 0.15) is 30.1 Å². The third-order valence-corrected chi connectivity index (χ3v) is 3.92. The minimum atomic E-state index is -1.34. The molecule has 7 nitrogen and oxygen atoms in total. The van der Waals surface area contributed by atoms with E-state index in [-0.39, 0.29) is 22.2 Å². The number of nitro benzene ring substituents is 1. The highest BCUT2D eigenvalue weighted by Crippen LogP contribution is 2.40. The zero-order valence-corrected chi connectivity index (χ0v) is 11.9. The number of aliphatic carboxylic acids is 1. The van der Waals surface area contributed by atoms with E-state index in [0.717, 1.165) is 25.0 Å². The minimum absolute atomic E-state index is 0.0822. The van der Waals surface area contributed by atoms with Crippen molar-refractivity contribution in [2.24, 2.45) is 5.92 Å². The maximum atomic E-state index is 12.1. The second-order valence-corrected chi connectivity index (χ2v) is 5.57. The lowest BCUT2D eigenvalue weighted by molar-refractivity contribution is -0.384. The van der Waals surface area contributed by atoms with Crippen LogP contribution >= 0.6 is 11.6 Å². The highest BCUT2D eigenvalue weighted by Gasteiger charge is 2.48. The van der Waals surface area contributed by atoms with E-state index in [2.05, 4.69) is 5.32 Å². The van der Waals surface area contributed by atoms with E-state index in [1.165, 1.54) is 13.0 Å². The third-order valence-electron chi connectivity index (χ3n) is 3.62. The summed E-state index contributed by atoms with van der Waals surface area (Å²) in [5.74, 6) is -1.83. The van der Waals surface area contributed by atoms with Crippen molar-refractivity contribution < 1.29 is 19.6 Å². The van der Waals surface area contributed by atoms with Gasteiger partial charge in [-0.15, -0.1) is 0 Å². The van der Waals surface area contributed by atoms with Gasteiger partial charge < -0.3 is 10.4 Å². The molecule has 112 valence electrons. The summed E-state index contributed by atoms with van der Waals surface area (Å²) in [6.07, 6.45) is 1.48. The van der Waals surface area contributed by atoms with E-state index in [1.807, 2.05) is 0 Å². The van der Waals surface area contributed by atoms with E-state index < -0.39 is 22.3 Å². The Labute approximate surface area is 125 Å². The number of nitro groups is 1. The molecule has 1 aliphatic carbocycles. The molecular weight excluding hydrogens is 300 g/mol. The van der Waals surface area contributed by atoms with Crippen molar-refractivity contribution in [3.8, 4) is 0 Å². The summed E-state index contributed by atoms with van der Waals surface area (Å²) in [5, 5.41) is 22.3. The molecule has 0 bridgehead atoms. The van der Waals surface area contributed by atoms with Gasteiger partial charge in [0.2, 0.25) is 0 Å². The number of carbonyl (C=O) groups excluding carboxylic acids is 1. The Bertz CT molecular complexity index is 629. The van der Waals surface area contributed by atoms with Gasteiger partial charge in [-0.3, -0.25) is 14.9 Å². The number of benzene rings is 1. The SMILES string of the molecule is CC(NC(=O)c1ccc([N+](=O)[O-])c(Cl)c1)(C(=O)O)C1CC1. The lowest BCUT2D eigenvalue weighted by Gasteiger charge is -2.26. The molecule has 0 spiro atoms. The van der Waals surface area contributed by atoms with Crippen molar-refractivity contribution in [1.29, 1.82) is 0 Å². The topological polar surface area (TPSA) is 110 Å². The Balaban J connectivity index is 2.22. The monoisotopic (exact) mass is 312 g/mol. The second kappa shape index (κ2) is 5.33. The average molecular weight is 313 g/mol. The Morgan fingerprint density at radius 2 is 2.10 bits per heavy atom. The summed E-state index contributed by atoms with van der Waals surface area (Å²) >= 11 is 5.74. The Morgan fingerprint density at radius 1 is 1.48 bits per heavy atom. The van der Waals surface area contributed by atoms with Gasteiger partial charge in [0.15, 0.2) is 0 Å². The standard InChI is InChI=1S/C13H13ClN2O5/c1-13(12(18)19,8-3-4-8)15-11(17)7-2-5-10(16(20)21)9(14)6-7/h2,5-6,8H,3-4H2,1H3,(H,15,17)(H,18,19). The van der Waals surface area contributed by atoms with E-state index >= 15 is 0 Å². The van der Waals surface area contributed by atoms with E-state index in [9.17, 15) is 24.8 Å². The van der Waals surface area contributed by atoms with E-state index in [4.69, 9.17) is 11.6 Å². The van der Waals surface area contributed by atoms with Crippen molar-refractivity contribution in [3.05, 3.63) is 38.9 Å². The third kappa shape index (κ3) is 2.97. The normalized spacial score (nSPS) is 16.9. The molecule has 21 heavy (non-hydrogen) atoms. The Hall–Kier alpha value is -2.15. The summed E-state index contributed by atoms with van der Waals surface area (Å²) in [6.45, 7) is 1.46. The van der Waals surface area contributed by atoms with Crippen molar-refractivity contribution in [2.45, 2.75) is 25.3 Å². The van der Waals surface area contributed by atoms with Crippen LogP contribution in [-0.4, -0.2) is 27.4 Å². The maximum absolute atomic E-state index is 12.1. The van der Waals surface area contributed by atoms with Crippen LogP contribution in [0.4, 0.5) is 5.69 Å². The number of rotatable bonds is 5. The van der Waals surface area contributed by atoms with E-state index in [1.54, 1.807) is 0 Å². The Kier molecular flexibility index (Phi) is 3.87. The van der Waals surface area contributed by atoms with Crippen LogP contribution in [0, 0.1) is 16.0 Å². The molecule has 0 aromatic heterocycles. The highest BCUT2D eigenvalue weighted by atomic mass is 35.5. The van der Waals surface area contributed by atoms with Crippen LogP contribution in [0.2, 0.25) is 5.02 Å². The number of nitrogens with zero attached hydrogens (tertiary/aromatic N) is 1. The fraction of sp³-hybridized carbons (Fsp3) is 0.385. The highest BCUT2D eigenvalue weighted by molar-refractivity contribution is 6.33. The van der Waals surface area contributed by atoms with Crippen molar-refractivity contribution in [2.75, 3.05) is 0 Å². The predicted molar refractivity (Wildman–Crippen MR) is 74.3 cm³/mol. The van der Waals surface area contributed by atoms with Gasteiger partial charge in [0.05, 0.1) is 4.92 Å². The maximum Gasteiger partial charge on any atom is 0.329 e. The number of hydrogen-bond acceptors (Lipinski definition) is 4. The van der Waals surface area contributed by atoms with Crippen molar-refractivity contribution >= 4 is 29.2 Å². The van der Waals surface area contributed by atoms with Gasteiger partial charge in [-0.25, -0.2) is 4.79 Å². The molecule has 2 rings (SSSR count). The molecule has 8 heteroatoms. The lowest BCUT2D eigenvalue weighted by atomic mass is 9.95. The molecule has 1 aromatic carbocycles.